The number of Topliss-reactive ketones (excluding diaryl/α,β-unsaturated/α-hetero) is 1. The molecule has 0 aliphatic heterocycles. The van der Waals surface area contributed by atoms with Crippen LogP contribution in [-0.2, 0) is 4.79 Å². The van der Waals surface area contributed by atoms with Crippen molar-refractivity contribution in [2.45, 2.75) is 12.8 Å². The molecule has 2 rings (SSSR count). The zero-order chi connectivity index (χ0) is 11.4. The van der Waals surface area contributed by atoms with E-state index in [1.807, 2.05) is 45.3 Å². The van der Waals surface area contributed by atoms with Gasteiger partial charge in [0.2, 0.25) is 0 Å². The zero-order valence-corrected chi connectivity index (χ0v) is 10.0. The number of nitrogens with one attached hydrogen (secondary N) is 1. The van der Waals surface area contributed by atoms with Crippen LogP contribution >= 0.6 is 11.6 Å². The number of halogens is 1. The monoisotopic (exact) mass is 225 g/mol. The maximum Gasteiger partial charge on any atom is 0.144 e. The van der Waals surface area contributed by atoms with Gasteiger partial charge < -0.3 is 5.32 Å². The summed E-state index contributed by atoms with van der Waals surface area (Å²) in [5.41, 5.74) is 1.09. The summed E-state index contributed by atoms with van der Waals surface area (Å²) in [5.74, 6) is 0.700. The molecule has 1 aromatic carbocycles. The second-order valence-electron chi connectivity index (χ2n) is 3.72. The molecule has 0 heterocycles. The van der Waals surface area contributed by atoms with Crippen LogP contribution < -0.4 is 5.32 Å². The minimum atomic E-state index is 0.141. The molecule has 1 saturated carbocycles. The van der Waals surface area contributed by atoms with Gasteiger partial charge in [-0.15, -0.1) is 0 Å². The van der Waals surface area contributed by atoms with Gasteiger partial charge in [-0.1, -0.05) is 30.7 Å². The normalized spacial score (nSPS) is 23.1. The third-order valence-corrected chi connectivity index (χ3v) is 2.63. The van der Waals surface area contributed by atoms with E-state index in [4.69, 9.17) is 11.6 Å². The third-order valence-electron chi connectivity index (χ3n) is 2.38. The second-order valence-corrected chi connectivity index (χ2v) is 4.16. The lowest BCUT2D eigenvalue weighted by Gasteiger charge is -1.95. The highest BCUT2D eigenvalue weighted by atomic mass is 35.5. The number of carbonyl (C=O) groups excluding carboxylic acids is 1. The van der Waals surface area contributed by atoms with Crippen LogP contribution in [0.1, 0.15) is 18.4 Å². The third kappa shape index (κ3) is 3.05. The van der Waals surface area contributed by atoms with Gasteiger partial charge >= 0.3 is 0 Å². The fourth-order valence-electron chi connectivity index (χ4n) is 1.49. The van der Waals surface area contributed by atoms with E-state index in [1.54, 1.807) is 0 Å². The van der Waals surface area contributed by atoms with Crippen LogP contribution in [0.5, 0.6) is 0 Å². The molecule has 1 aromatic rings. The summed E-state index contributed by atoms with van der Waals surface area (Å²) in [6.45, 7) is 1.96. The van der Waals surface area contributed by atoms with Crippen molar-refractivity contribution in [1.29, 1.82) is 0 Å². The van der Waals surface area contributed by atoms with E-state index in [0.717, 1.165) is 10.6 Å². The SMILES string of the molecule is CC1C(=O)C1c1ccc(Cl)cc1.CNC. The summed E-state index contributed by atoms with van der Waals surface area (Å²) in [7, 11) is 3.75. The molecule has 0 radical (unpaired) electrons. The first-order chi connectivity index (χ1) is 7.11. The molecule has 82 valence electrons. The minimum Gasteiger partial charge on any atom is -0.323 e. The van der Waals surface area contributed by atoms with Crippen LogP contribution in [0, 0.1) is 5.92 Å². The van der Waals surface area contributed by atoms with Crippen molar-refractivity contribution in [3.63, 3.8) is 0 Å². The zero-order valence-electron chi connectivity index (χ0n) is 9.25. The van der Waals surface area contributed by atoms with Gasteiger partial charge in [0.1, 0.15) is 5.78 Å². The van der Waals surface area contributed by atoms with Crippen LogP contribution in [0.3, 0.4) is 0 Å². The maximum atomic E-state index is 11.1. The van der Waals surface area contributed by atoms with E-state index >= 15 is 0 Å². The maximum absolute atomic E-state index is 11.1. The Hall–Kier alpha value is -0.860. The molecule has 0 saturated heterocycles. The second kappa shape index (κ2) is 5.29. The summed E-state index contributed by atoms with van der Waals surface area (Å²) in [5, 5.41) is 3.47. The quantitative estimate of drug-likeness (QED) is 0.796. The summed E-state index contributed by atoms with van der Waals surface area (Å²) in [4.78, 5) is 11.1. The highest BCUT2D eigenvalue weighted by Crippen LogP contribution is 2.42. The number of benzene rings is 1. The fraction of sp³-hybridized carbons (Fsp3) is 0.417. The largest absolute Gasteiger partial charge is 0.323 e. The molecule has 0 aromatic heterocycles. The molecule has 0 bridgehead atoms. The minimum absolute atomic E-state index is 0.141. The molecule has 1 N–H and O–H groups in total. The van der Waals surface area contributed by atoms with Crippen molar-refractivity contribution in [2.75, 3.05) is 14.1 Å². The van der Waals surface area contributed by atoms with Crippen LogP contribution in [0.2, 0.25) is 5.02 Å². The molecule has 15 heavy (non-hydrogen) atoms. The molecular weight excluding hydrogens is 210 g/mol. The van der Waals surface area contributed by atoms with Crippen molar-refractivity contribution in [3.8, 4) is 0 Å². The van der Waals surface area contributed by atoms with E-state index in [0.29, 0.717) is 5.78 Å². The highest BCUT2D eigenvalue weighted by Gasteiger charge is 2.45. The first-order valence-corrected chi connectivity index (χ1v) is 5.37. The van der Waals surface area contributed by atoms with Crippen molar-refractivity contribution in [1.82, 2.24) is 5.32 Å². The average molecular weight is 226 g/mol. The Morgan fingerprint density at radius 2 is 1.60 bits per heavy atom. The number of hydrogen-bond donors (Lipinski definition) is 1. The topological polar surface area (TPSA) is 29.1 Å². The Kier molecular flexibility index (Phi) is 4.30. The van der Waals surface area contributed by atoms with Crippen molar-refractivity contribution in [2.24, 2.45) is 5.92 Å². The molecule has 2 atom stereocenters. The Labute approximate surface area is 95.6 Å². The predicted octanol–water partition coefficient (Wildman–Crippen LogP) is 2.48. The van der Waals surface area contributed by atoms with E-state index in [1.165, 1.54) is 0 Å². The van der Waals surface area contributed by atoms with Gasteiger partial charge in [0.25, 0.3) is 0 Å². The Morgan fingerprint density at radius 1 is 1.20 bits per heavy atom. The van der Waals surface area contributed by atoms with Gasteiger partial charge in [-0.3, -0.25) is 4.79 Å². The van der Waals surface area contributed by atoms with Crippen LogP contribution in [-0.4, -0.2) is 19.9 Å². The van der Waals surface area contributed by atoms with Gasteiger partial charge in [0.15, 0.2) is 0 Å². The Bertz CT molecular complexity index is 334. The summed E-state index contributed by atoms with van der Waals surface area (Å²) < 4.78 is 0. The Morgan fingerprint density at radius 3 is 1.93 bits per heavy atom. The van der Waals surface area contributed by atoms with E-state index in [-0.39, 0.29) is 11.8 Å². The van der Waals surface area contributed by atoms with Crippen LogP contribution in [0.15, 0.2) is 24.3 Å². The Balaban J connectivity index is 0.000000337. The summed E-state index contributed by atoms with van der Waals surface area (Å²) >= 11 is 5.72. The summed E-state index contributed by atoms with van der Waals surface area (Å²) in [6.07, 6.45) is 0. The number of carbonyl (C=O) groups is 1. The first-order valence-electron chi connectivity index (χ1n) is 4.99. The predicted molar refractivity (Wildman–Crippen MR) is 63.3 cm³/mol. The lowest BCUT2D eigenvalue weighted by molar-refractivity contribution is -0.111. The molecule has 1 aliphatic rings. The number of ketones is 1. The molecule has 0 spiro atoms. The summed E-state index contributed by atoms with van der Waals surface area (Å²) in [6, 6.07) is 7.51. The van der Waals surface area contributed by atoms with Gasteiger partial charge in [-0.25, -0.2) is 0 Å². The molecular formula is C12H16ClNO. The van der Waals surface area contributed by atoms with Crippen LogP contribution in [0.25, 0.3) is 0 Å². The van der Waals surface area contributed by atoms with E-state index in [9.17, 15) is 4.79 Å². The van der Waals surface area contributed by atoms with E-state index < -0.39 is 0 Å². The molecule has 2 nitrogen and oxygen atoms in total. The smallest absolute Gasteiger partial charge is 0.144 e. The standard InChI is InChI=1S/C10H9ClO.C2H7N/c1-6-9(10(6)12)7-2-4-8(11)5-3-7;1-3-2/h2-6,9H,1H3;3H,1-2H3. The molecule has 1 fully saturated rings. The van der Waals surface area contributed by atoms with E-state index in [2.05, 4.69) is 5.32 Å². The molecule has 3 heteroatoms. The van der Waals surface area contributed by atoms with Crippen LogP contribution in [0.4, 0.5) is 0 Å². The fourth-order valence-corrected chi connectivity index (χ4v) is 1.61. The molecule has 0 amide bonds. The lowest BCUT2D eigenvalue weighted by Crippen LogP contribution is -1.89. The van der Waals surface area contributed by atoms with Gasteiger partial charge in [-0.05, 0) is 31.8 Å². The van der Waals surface area contributed by atoms with Gasteiger partial charge in [0, 0.05) is 10.9 Å². The van der Waals surface area contributed by atoms with Crippen molar-refractivity contribution in [3.05, 3.63) is 34.9 Å². The van der Waals surface area contributed by atoms with Gasteiger partial charge in [-0.2, -0.15) is 0 Å². The molecule has 2 unspecified atom stereocenters. The lowest BCUT2D eigenvalue weighted by atomic mass is 10.1. The first kappa shape index (κ1) is 12.2. The van der Waals surface area contributed by atoms with Gasteiger partial charge in [0.05, 0.1) is 5.92 Å². The van der Waals surface area contributed by atoms with Crippen molar-refractivity contribution >= 4 is 17.4 Å². The number of rotatable bonds is 1. The average Bonchev–Trinajstić information content (AvgIpc) is 2.78. The highest BCUT2D eigenvalue weighted by molar-refractivity contribution is 6.30. The molecule has 1 aliphatic carbocycles. The van der Waals surface area contributed by atoms with Crippen molar-refractivity contribution < 1.29 is 4.79 Å². The number of hydrogen-bond acceptors (Lipinski definition) is 2.